The predicted molar refractivity (Wildman–Crippen MR) is 57.7 cm³/mol. The van der Waals surface area contributed by atoms with E-state index in [1.54, 1.807) is 13.8 Å². The predicted octanol–water partition coefficient (Wildman–Crippen LogP) is 1.55. The van der Waals surface area contributed by atoms with Crippen molar-refractivity contribution in [2.45, 2.75) is 26.6 Å². The second-order valence-corrected chi connectivity index (χ2v) is 3.09. The fraction of sp³-hybridized carbons (Fsp3) is 0.333. The zero-order valence-corrected chi connectivity index (χ0v) is 8.57. The molecule has 2 N–H and O–H groups in total. The van der Waals surface area contributed by atoms with E-state index in [1.165, 1.54) is 0 Å². The molecule has 0 unspecified atom stereocenters. The molecule has 0 aliphatic rings. The third kappa shape index (κ3) is 6.24. The van der Waals surface area contributed by atoms with Crippen molar-refractivity contribution >= 4 is 0 Å². The third-order valence-electron chi connectivity index (χ3n) is 1.30. The maximum atomic E-state index is 8.65. The van der Waals surface area contributed by atoms with Gasteiger partial charge in [-0.1, -0.05) is 18.1 Å². The summed E-state index contributed by atoms with van der Waals surface area (Å²) in [6.07, 6.45) is 4.96. The lowest BCUT2D eigenvalue weighted by Gasteiger charge is -1.93. The number of aliphatic hydroxyl groups is 2. The topological polar surface area (TPSA) is 40.5 Å². The lowest BCUT2D eigenvalue weighted by molar-refractivity contribution is 0.216. The van der Waals surface area contributed by atoms with Crippen LogP contribution in [0.25, 0.3) is 0 Å². The Labute approximate surface area is 85.2 Å². The Kier molecular flexibility index (Phi) is 6.47. The maximum Gasteiger partial charge on any atom is 0.0681 e. The van der Waals surface area contributed by atoms with Gasteiger partial charge in [-0.2, -0.15) is 0 Å². The zero-order valence-electron chi connectivity index (χ0n) is 8.57. The lowest BCUT2D eigenvalue weighted by Crippen LogP contribution is -1.85. The molecule has 0 fully saturated rings. The van der Waals surface area contributed by atoms with Gasteiger partial charge >= 0.3 is 0 Å². The quantitative estimate of drug-likeness (QED) is 0.663. The lowest BCUT2D eigenvalue weighted by atomic mass is 10.1. The first-order valence-corrected chi connectivity index (χ1v) is 4.44. The minimum Gasteiger partial charge on any atom is -0.394 e. The molecule has 0 radical (unpaired) electrons. The number of hydrogen-bond donors (Lipinski definition) is 2. The van der Waals surface area contributed by atoms with Crippen LogP contribution in [-0.4, -0.2) is 16.3 Å². The van der Waals surface area contributed by atoms with Crippen molar-refractivity contribution in [3.63, 3.8) is 0 Å². The summed E-state index contributed by atoms with van der Waals surface area (Å²) in [5, 5.41) is 16.7. The molecule has 1 aromatic carbocycles. The Bertz CT molecular complexity index is 277. The summed E-state index contributed by atoms with van der Waals surface area (Å²) < 4.78 is 0. The number of hydrogen-bond acceptors (Lipinski definition) is 2. The van der Waals surface area contributed by atoms with Crippen molar-refractivity contribution in [1.82, 2.24) is 0 Å². The molecule has 2 heteroatoms. The molecule has 0 atom stereocenters. The fourth-order valence-corrected chi connectivity index (χ4v) is 0.706. The van der Waals surface area contributed by atoms with Gasteiger partial charge in [0.2, 0.25) is 0 Å². The van der Waals surface area contributed by atoms with Crippen LogP contribution in [0.4, 0.5) is 0 Å². The highest BCUT2D eigenvalue weighted by atomic mass is 16.3. The van der Waals surface area contributed by atoms with Gasteiger partial charge in [0.1, 0.15) is 0 Å². The Morgan fingerprint density at radius 3 is 2.00 bits per heavy atom. The minimum atomic E-state index is -0.167. The molecule has 0 bridgehead atoms. The summed E-state index contributed by atoms with van der Waals surface area (Å²) in [5.41, 5.74) is 1.73. The van der Waals surface area contributed by atoms with E-state index in [-0.39, 0.29) is 12.7 Å². The van der Waals surface area contributed by atoms with Gasteiger partial charge in [0, 0.05) is 11.7 Å². The van der Waals surface area contributed by atoms with E-state index in [0.29, 0.717) is 0 Å². The van der Waals surface area contributed by atoms with Gasteiger partial charge in [0.15, 0.2) is 0 Å². The summed E-state index contributed by atoms with van der Waals surface area (Å²) in [5.74, 6) is 2.50. The van der Waals surface area contributed by atoms with Crippen molar-refractivity contribution < 1.29 is 10.2 Å². The molecule has 1 rings (SSSR count). The molecule has 76 valence electrons. The summed E-state index contributed by atoms with van der Waals surface area (Å²) in [6.45, 7) is 3.52. The summed E-state index contributed by atoms with van der Waals surface area (Å²) >= 11 is 0. The largest absolute Gasteiger partial charge is 0.394 e. The molecule has 0 aromatic heterocycles. The van der Waals surface area contributed by atoms with E-state index >= 15 is 0 Å². The summed E-state index contributed by atoms with van der Waals surface area (Å²) in [7, 11) is 0. The Balaban J connectivity index is 0.000000364. The van der Waals surface area contributed by atoms with Gasteiger partial charge in [0.05, 0.1) is 6.61 Å². The van der Waals surface area contributed by atoms with Crippen LogP contribution in [0.3, 0.4) is 0 Å². The molecule has 0 saturated carbocycles. The van der Waals surface area contributed by atoms with Crippen molar-refractivity contribution in [2.75, 3.05) is 0 Å². The maximum absolute atomic E-state index is 8.65. The van der Waals surface area contributed by atoms with Crippen LogP contribution in [0.2, 0.25) is 0 Å². The summed E-state index contributed by atoms with van der Waals surface area (Å²) in [4.78, 5) is 0. The smallest absolute Gasteiger partial charge is 0.0681 e. The molecule has 0 aliphatic heterocycles. The minimum absolute atomic E-state index is 0.0743. The van der Waals surface area contributed by atoms with Crippen molar-refractivity contribution in [3.8, 4) is 12.3 Å². The standard InChI is InChI=1S/C9H8O.C3H8O/c1-2-8-3-5-9(7-10)6-4-8;1-3(2)4/h1,3-6,10H,7H2;3-4H,1-2H3. The van der Waals surface area contributed by atoms with Gasteiger partial charge < -0.3 is 10.2 Å². The van der Waals surface area contributed by atoms with Gasteiger partial charge in [-0.05, 0) is 31.5 Å². The molecular formula is C12H16O2. The Hall–Kier alpha value is -1.30. The molecule has 0 spiro atoms. The van der Waals surface area contributed by atoms with Crippen LogP contribution in [-0.2, 0) is 6.61 Å². The number of benzene rings is 1. The number of rotatable bonds is 1. The number of aliphatic hydroxyl groups excluding tert-OH is 2. The summed E-state index contributed by atoms with van der Waals surface area (Å²) in [6, 6.07) is 7.25. The van der Waals surface area contributed by atoms with E-state index in [0.717, 1.165) is 11.1 Å². The van der Waals surface area contributed by atoms with Crippen molar-refractivity contribution in [3.05, 3.63) is 35.4 Å². The molecule has 0 aliphatic carbocycles. The molecule has 0 heterocycles. The van der Waals surface area contributed by atoms with E-state index in [2.05, 4.69) is 5.92 Å². The van der Waals surface area contributed by atoms with Crippen molar-refractivity contribution in [1.29, 1.82) is 0 Å². The molecule has 14 heavy (non-hydrogen) atoms. The van der Waals surface area contributed by atoms with Gasteiger partial charge in [0.25, 0.3) is 0 Å². The van der Waals surface area contributed by atoms with Gasteiger partial charge in [-0.3, -0.25) is 0 Å². The van der Waals surface area contributed by atoms with Crippen molar-refractivity contribution in [2.24, 2.45) is 0 Å². The normalized spacial score (nSPS) is 8.86. The highest BCUT2D eigenvalue weighted by molar-refractivity contribution is 5.33. The highest BCUT2D eigenvalue weighted by Gasteiger charge is 1.87. The van der Waals surface area contributed by atoms with Gasteiger partial charge in [-0.25, -0.2) is 0 Å². The third-order valence-corrected chi connectivity index (χ3v) is 1.30. The zero-order chi connectivity index (χ0) is 11.0. The van der Waals surface area contributed by atoms with Crippen LogP contribution in [0.15, 0.2) is 24.3 Å². The molecular weight excluding hydrogens is 176 g/mol. The highest BCUT2D eigenvalue weighted by Crippen LogP contribution is 2.01. The fourth-order valence-electron chi connectivity index (χ4n) is 0.706. The molecule has 0 saturated heterocycles. The van der Waals surface area contributed by atoms with Gasteiger partial charge in [-0.15, -0.1) is 6.42 Å². The molecule has 0 amide bonds. The molecule has 1 aromatic rings. The second-order valence-electron chi connectivity index (χ2n) is 3.09. The first-order chi connectivity index (χ1) is 6.60. The van der Waals surface area contributed by atoms with Crippen LogP contribution < -0.4 is 0 Å². The van der Waals surface area contributed by atoms with Crippen LogP contribution in [0.1, 0.15) is 25.0 Å². The monoisotopic (exact) mass is 192 g/mol. The average Bonchev–Trinajstić information content (AvgIpc) is 2.17. The number of terminal acetylenes is 1. The van der Waals surface area contributed by atoms with Crippen LogP contribution >= 0.6 is 0 Å². The second kappa shape index (κ2) is 7.14. The molecule has 2 nitrogen and oxygen atoms in total. The average molecular weight is 192 g/mol. The van der Waals surface area contributed by atoms with Crippen LogP contribution in [0.5, 0.6) is 0 Å². The van der Waals surface area contributed by atoms with E-state index in [9.17, 15) is 0 Å². The Morgan fingerprint density at radius 2 is 1.71 bits per heavy atom. The van der Waals surface area contributed by atoms with E-state index < -0.39 is 0 Å². The Morgan fingerprint density at radius 1 is 1.29 bits per heavy atom. The SMILES string of the molecule is C#Cc1ccc(CO)cc1.CC(C)O. The first kappa shape index (κ1) is 12.7. The van der Waals surface area contributed by atoms with E-state index in [1.807, 2.05) is 24.3 Å². The van der Waals surface area contributed by atoms with Crippen LogP contribution in [0, 0.1) is 12.3 Å². The van der Waals surface area contributed by atoms with E-state index in [4.69, 9.17) is 16.6 Å². The first-order valence-electron chi connectivity index (χ1n) is 4.44.